The van der Waals surface area contributed by atoms with Crippen molar-refractivity contribution >= 4 is 21.9 Å². The zero-order valence-electron chi connectivity index (χ0n) is 12.2. The van der Waals surface area contributed by atoms with Gasteiger partial charge in [0.1, 0.15) is 6.10 Å². The lowest BCUT2D eigenvalue weighted by Gasteiger charge is -2.36. The van der Waals surface area contributed by atoms with Gasteiger partial charge in [-0.05, 0) is 51.6 Å². The van der Waals surface area contributed by atoms with Gasteiger partial charge in [0.15, 0.2) is 0 Å². The lowest BCUT2D eigenvalue weighted by Crippen LogP contribution is -2.41. The number of carbonyl (C=O) groups excluding carboxylic acids is 1. The molecule has 0 aliphatic heterocycles. The molecule has 1 fully saturated rings. The van der Waals surface area contributed by atoms with E-state index in [4.69, 9.17) is 4.74 Å². The average molecular weight is 356 g/mol. The molecule has 0 aromatic carbocycles. The zero-order chi connectivity index (χ0) is 15.2. The van der Waals surface area contributed by atoms with Gasteiger partial charge in [0.25, 0.3) is 0 Å². The summed E-state index contributed by atoms with van der Waals surface area (Å²) in [7, 11) is 0. The fourth-order valence-electron chi connectivity index (χ4n) is 2.80. The van der Waals surface area contributed by atoms with Crippen LogP contribution < -0.4 is 0 Å². The molecule has 0 unspecified atom stereocenters. The Morgan fingerprint density at radius 3 is 2.10 bits per heavy atom. The topological polar surface area (TPSA) is 29.5 Å². The van der Waals surface area contributed by atoms with E-state index in [1.807, 2.05) is 15.9 Å². The number of esters is 1. The Bertz CT molecular complexity index is 296. The maximum absolute atomic E-state index is 12.7. The highest BCUT2D eigenvalue weighted by molar-refractivity contribution is 9.10. The van der Waals surface area contributed by atoms with Crippen molar-refractivity contribution in [2.24, 2.45) is 0 Å². The van der Waals surface area contributed by atoms with Gasteiger partial charge in [0, 0.05) is 22.0 Å². The van der Waals surface area contributed by atoms with Crippen LogP contribution in [0.2, 0.25) is 0 Å². The second kappa shape index (κ2) is 8.27. The van der Waals surface area contributed by atoms with Gasteiger partial charge in [0.05, 0.1) is 0 Å². The van der Waals surface area contributed by atoms with Gasteiger partial charge in [-0.1, -0.05) is 13.8 Å². The summed E-state index contributed by atoms with van der Waals surface area (Å²) >= 11 is 2.03. The summed E-state index contributed by atoms with van der Waals surface area (Å²) in [6.07, 6.45) is 5.02. The summed E-state index contributed by atoms with van der Waals surface area (Å²) in [5, 5.41) is 0. The molecule has 1 rings (SSSR count). The van der Waals surface area contributed by atoms with Crippen LogP contribution in [0.4, 0.5) is 8.78 Å². The van der Waals surface area contributed by atoms with Crippen molar-refractivity contribution in [2.45, 2.75) is 69.4 Å². The van der Waals surface area contributed by atoms with Gasteiger partial charge in [-0.3, -0.25) is 0 Å². The average Bonchev–Trinajstić information content (AvgIpc) is 2.38. The number of rotatable bonds is 7. The molecule has 0 heterocycles. The third kappa shape index (κ3) is 5.64. The van der Waals surface area contributed by atoms with Crippen molar-refractivity contribution in [3.05, 3.63) is 0 Å². The molecular formula is C14H24BrF2NO2. The van der Waals surface area contributed by atoms with Crippen molar-refractivity contribution in [1.82, 2.24) is 4.90 Å². The molecule has 6 heteroatoms. The van der Waals surface area contributed by atoms with E-state index in [2.05, 4.69) is 18.7 Å². The van der Waals surface area contributed by atoms with Crippen molar-refractivity contribution in [2.75, 3.05) is 13.1 Å². The molecule has 0 amide bonds. The van der Waals surface area contributed by atoms with E-state index in [9.17, 15) is 13.6 Å². The van der Waals surface area contributed by atoms with Crippen LogP contribution in [0.25, 0.3) is 0 Å². The molecule has 118 valence electrons. The Kier molecular flexibility index (Phi) is 7.37. The van der Waals surface area contributed by atoms with Gasteiger partial charge in [-0.2, -0.15) is 8.78 Å². The first-order valence-electron chi connectivity index (χ1n) is 7.40. The van der Waals surface area contributed by atoms with E-state index in [0.717, 1.165) is 38.8 Å². The molecule has 1 saturated carbocycles. The molecule has 0 N–H and O–H groups in total. The third-order valence-corrected chi connectivity index (χ3v) is 4.01. The van der Waals surface area contributed by atoms with Gasteiger partial charge < -0.3 is 9.64 Å². The van der Waals surface area contributed by atoms with E-state index < -0.39 is 10.8 Å². The third-order valence-electron chi connectivity index (χ3n) is 3.69. The van der Waals surface area contributed by atoms with Crippen molar-refractivity contribution < 1.29 is 18.3 Å². The second-order valence-electron chi connectivity index (χ2n) is 5.37. The van der Waals surface area contributed by atoms with Gasteiger partial charge >= 0.3 is 10.8 Å². The summed E-state index contributed by atoms with van der Waals surface area (Å²) in [6, 6.07) is 0.495. The minimum absolute atomic E-state index is 0.368. The Morgan fingerprint density at radius 1 is 1.20 bits per heavy atom. The van der Waals surface area contributed by atoms with E-state index in [-0.39, 0.29) is 6.10 Å². The monoisotopic (exact) mass is 355 g/mol. The lowest BCUT2D eigenvalue weighted by molar-refractivity contribution is -0.167. The van der Waals surface area contributed by atoms with E-state index in [1.165, 1.54) is 0 Å². The zero-order valence-corrected chi connectivity index (χ0v) is 13.8. The molecule has 0 aromatic heterocycles. The number of alkyl halides is 3. The van der Waals surface area contributed by atoms with Crippen molar-refractivity contribution in [3.63, 3.8) is 0 Å². The van der Waals surface area contributed by atoms with Crippen LogP contribution in [-0.2, 0) is 9.53 Å². The number of halogens is 3. The van der Waals surface area contributed by atoms with Crippen LogP contribution in [0, 0.1) is 0 Å². The molecule has 0 bridgehead atoms. The Morgan fingerprint density at radius 2 is 1.70 bits per heavy atom. The lowest BCUT2D eigenvalue weighted by atomic mass is 9.91. The summed E-state index contributed by atoms with van der Waals surface area (Å²) in [4.78, 5) is 10.0. The van der Waals surface area contributed by atoms with Gasteiger partial charge in [0.2, 0.25) is 0 Å². The molecule has 0 spiro atoms. The molecule has 20 heavy (non-hydrogen) atoms. The summed E-state index contributed by atoms with van der Waals surface area (Å²) in [5.41, 5.74) is 0. The molecule has 1 aliphatic rings. The Hall–Kier alpha value is -0.230. The normalized spacial score (nSPS) is 23.9. The van der Waals surface area contributed by atoms with Crippen LogP contribution in [0.3, 0.4) is 0 Å². The minimum atomic E-state index is -3.57. The van der Waals surface area contributed by atoms with Gasteiger partial charge in [-0.25, -0.2) is 4.79 Å². The van der Waals surface area contributed by atoms with Crippen LogP contribution in [0.1, 0.15) is 52.4 Å². The second-order valence-corrected chi connectivity index (χ2v) is 6.37. The van der Waals surface area contributed by atoms with Crippen LogP contribution in [0.15, 0.2) is 0 Å². The molecule has 0 atom stereocenters. The minimum Gasteiger partial charge on any atom is -0.457 e. The van der Waals surface area contributed by atoms with Crippen LogP contribution in [-0.4, -0.2) is 40.9 Å². The highest BCUT2D eigenvalue weighted by atomic mass is 79.9. The molecule has 1 aliphatic carbocycles. The van der Waals surface area contributed by atoms with Crippen LogP contribution >= 0.6 is 15.9 Å². The number of carbonyl (C=O) groups is 1. The van der Waals surface area contributed by atoms with Gasteiger partial charge in [-0.15, -0.1) is 0 Å². The molecular weight excluding hydrogens is 332 g/mol. The summed E-state index contributed by atoms with van der Waals surface area (Å²) in [6.45, 7) is 6.47. The first-order chi connectivity index (χ1) is 9.38. The first kappa shape index (κ1) is 17.8. The summed E-state index contributed by atoms with van der Waals surface area (Å²) in [5.74, 6) is -1.47. The number of nitrogens with zero attached hydrogens (tertiary/aromatic N) is 1. The standard InChI is InChI=1S/C14H24BrF2NO2/c1-3-9-18(10-4-2)11-5-7-12(8-6-11)20-13(19)14(15,16)17/h11-12H,3-10H2,1-2H3. The maximum Gasteiger partial charge on any atom is 0.396 e. The highest BCUT2D eigenvalue weighted by Gasteiger charge is 2.39. The largest absolute Gasteiger partial charge is 0.457 e. The number of ether oxygens (including phenoxy) is 1. The molecule has 3 nitrogen and oxygen atoms in total. The van der Waals surface area contributed by atoms with E-state index >= 15 is 0 Å². The maximum atomic E-state index is 12.7. The fourth-order valence-corrected chi connectivity index (χ4v) is 2.89. The van der Waals surface area contributed by atoms with Crippen LogP contribution in [0.5, 0.6) is 0 Å². The molecule has 0 aromatic rings. The first-order valence-corrected chi connectivity index (χ1v) is 8.19. The molecule has 0 saturated heterocycles. The molecule has 0 radical (unpaired) electrons. The smallest absolute Gasteiger partial charge is 0.396 e. The quantitative estimate of drug-likeness (QED) is 0.511. The Balaban J connectivity index is 2.40. The fraction of sp³-hybridized carbons (Fsp3) is 0.929. The Labute approximate surface area is 128 Å². The summed E-state index contributed by atoms with van der Waals surface area (Å²) < 4.78 is 30.3. The van der Waals surface area contributed by atoms with E-state index in [1.54, 1.807) is 0 Å². The van der Waals surface area contributed by atoms with Crippen molar-refractivity contribution in [1.29, 1.82) is 0 Å². The predicted octanol–water partition coefficient (Wildman–Crippen LogP) is 3.95. The van der Waals surface area contributed by atoms with E-state index in [0.29, 0.717) is 18.9 Å². The predicted molar refractivity (Wildman–Crippen MR) is 78.2 cm³/mol. The van der Waals surface area contributed by atoms with Crippen molar-refractivity contribution in [3.8, 4) is 0 Å². The number of hydrogen-bond donors (Lipinski definition) is 0. The number of hydrogen-bond acceptors (Lipinski definition) is 3. The highest BCUT2D eigenvalue weighted by Crippen LogP contribution is 2.29. The SMILES string of the molecule is CCCN(CCC)C1CCC(OC(=O)C(F)(F)Br)CC1.